The van der Waals surface area contributed by atoms with Crippen LogP contribution in [-0.4, -0.2) is 55.6 Å². The monoisotopic (exact) mass is 394 g/mol. The zero-order valence-electron chi connectivity index (χ0n) is 12.3. The molecule has 2 rings (SSSR count). The molecule has 1 aromatic rings. The van der Waals surface area contributed by atoms with Gasteiger partial charge in [-0.1, -0.05) is 34.8 Å². The summed E-state index contributed by atoms with van der Waals surface area (Å²) in [7, 11) is 0. The van der Waals surface area contributed by atoms with Crippen LogP contribution in [0.25, 0.3) is 0 Å². The highest BCUT2D eigenvalue weighted by atomic mass is 35.5. The Morgan fingerprint density at radius 3 is 2.70 bits per heavy atom. The highest BCUT2D eigenvalue weighted by molar-refractivity contribution is 7.80. The second-order valence-electron chi connectivity index (χ2n) is 4.84. The summed E-state index contributed by atoms with van der Waals surface area (Å²) in [6.45, 7) is 5.11. The smallest absolute Gasteiger partial charge is 0.187 e. The lowest BCUT2D eigenvalue weighted by Gasteiger charge is -2.26. The van der Waals surface area contributed by atoms with Gasteiger partial charge in [0.2, 0.25) is 0 Å². The largest absolute Gasteiger partial charge is 0.379 e. The molecule has 0 atom stereocenters. The van der Waals surface area contributed by atoms with Gasteiger partial charge in [-0.15, -0.1) is 0 Å². The van der Waals surface area contributed by atoms with Crippen molar-refractivity contribution in [1.29, 1.82) is 0 Å². The van der Waals surface area contributed by atoms with E-state index in [2.05, 4.69) is 20.7 Å². The summed E-state index contributed by atoms with van der Waals surface area (Å²) in [5.41, 5.74) is 3.27. The first-order chi connectivity index (χ1) is 11.1. The topological polar surface area (TPSA) is 48.9 Å². The summed E-state index contributed by atoms with van der Waals surface area (Å²) in [5.74, 6) is 0. The zero-order valence-corrected chi connectivity index (χ0v) is 15.4. The van der Waals surface area contributed by atoms with Gasteiger partial charge in [0.05, 0.1) is 34.5 Å². The van der Waals surface area contributed by atoms with E-state index in [1.807, 2.05) is 0 Å². The molecular formula is C14H17Cl3N4OS. The summed E-state index contributed by atoms with van der Waals surface area (Å²) in [6.07, 6.45) is 1.49. The van der Waals surface area contributed by atoms with Gasteiger partial charge in [-0.25, -0.2) is 0 Å². The number of hydrazone groups is 1. The fourth-order valence-corrected chi connectivity index (χ4v) is 2.80. The third kappa shape index (κ3) is 6.06. The lowest BCUT2D eigenvalue weighted by atomic mass is 10.2. The molecule has 23 heavy (non-hydrogen) atoms. The molecular weight excluding hydrogens is 379 g/mol. The molecule has 0 amide bonds. The Morgan fingerprint density at radius 1 is 1.26 bits per heavy atom. The van der Waals surface area contributed by atoms with Crippen molar-refractivity contribution >= 4 is 58.3 Å². The summed E-state index contributed by atoms with van der Waals surface area (Å²) >= 11 is 23.2. The average Bonchev–Trinajstić information content (AvgIpc) is 2.55. The molecule has 0 radical (unpaired) electrons. The van der Waals surface area contributed by atoms with Gasteiger partial charge in [-0.2, -0.15) is 5.10 Å². The van der Waals surface area contributed by atoms with Gasteiger partial charge < -0.3 is 10.1 Å². The molecule has 126 valence electrons. The fraction of sp³-hybridized carbons (Fsp3) is 0.429. The van der Waals surface area contributed by atoms with Crippen molar-refractivity contribution in [2.75, 3.05) is 39.4 Å². The predicted molar refractivity (Wildman–Crippen MR) is 100 cm³/mol. The molecule has 0 unspecified atom stereocenters. The van der Waals surface area contributed by atoms with Crippen LogP contribution in [0.2, 0.25) is 15.1 Å². The Morgan fingerprint density at radius 2 is 1.96 bits per heavy atom. The first-order valence-electron chi connectivity index (χ1n) is 7.08. The lowest BCUT2D eigenvalue weighted by molar-refractivity contribution is 0.0389. The first-order valence-corrected chi connectivity index (χ1v) is 8.62. The summed E-state index contributed by atoms with van der Waals surface area (Å²) in [6, 6.07) is 3.30. The van der Waals surface area contributed by atoms with Gasteiger partial charge >= 0.3 is 0 Å². The quantitative estimate of drug-likeness (QED) is 0.347. The number of ether oxygens (including phenoxy) is 1. The molecule has 0 saturated carbocycles. The van der Waals surface area contributed by atoms with E-state index in [9.17, 15) is 0 Å². The molecule has 1 aliphatic rings. The van der Waals surface area contributed by atoms with Gasteiger partial charge in [0.15, 0.2) is 5.11 Å². The number of hydrogen-bond acceptors (Lipinski definition) is 4. The van der Waals surface area contributed by atoms with E-state index in [0.717, 1.165) is 39.4 Å². The summed E-state index contributed by atoms with van der Waals surface area (Å²) in [4.78, 5) is 2.31. The number of hydrogen-bond donors (Lipinski definition) is 2. The molecule has 1 aliphatic heterocycles. The van der Waals surface area contributed by atoms with E-state index in [1.54, 1.807) is 12.1 Å². The number of halogens is 3. The molecule has 1 heterocycles. The number of morpholine rings is 1. The van der Waals surface area contributed by atoms with Crippen molar-refractivity contribution in [1.82, 2.24) is 15.6 Å². The van der Waals surface area contributed by atoms with Crippen molar-refractivity contribution in [2.45, 2.75) is 0 Å². The number of nitrogens with zero attached hydrogens (tertiary/aromatic N) is 2. The van der Waals surface area contributed by atoms with Crippen molar-refractivity contribution in [3.63, 3.8) is 0 Å². The van der Waals surface area contributed by atoms with Crippen LogP contribution in [0.15, 0.2) is 17.2 Å². The number of nitrogens with one attached hydrogen (secondary N) is 2. The third-order valence-electron chi connectivity index (χ3n) is 3.26. The lowest BCUT2D eigenvalue weighted by Crippen LogP contribution is -2.42. The van der Waals surface area contributed by atoms with Crippen LogP contribution < -0.4 is 10.7 Å². The minimum Gasteiger partial charge on any atom is -0.379 e. The van der Waals surface area contributed by atoms with Crippen molar-refractivity contribution in [2.24, 2.45) is 5.10 Å². The maximum absolute atomic E-state index is 6.08. The standard InChI is InChI=1S/C14H17Cl3N4OS/c15-11-1-2-12(16)13(17)10(11)9-19-20-14(23)18-3-4-21-5-7-22-8-6-21/h1-2,9H,3-8H2,(H2,18,20,23)/b19-9+. The molecule has 0 aromatic heterocycles. The maximum Gasteiger partial charge on any atom is 0.187 e. The van der Waals surface area contributed by atoms with E-state index >= 15 is 0 Å². The van der Waals surface area contributed by atoms with E-state index in [1.165, 1.54) is 6.21 Å². The number of thiocarbonyl (C=S) groups is 1. The minimum absolute atomic E-state index is 0.357. The van der Waals surface area contributed by atoms with E-state index < -0.39 is 0 Å². The maximum atomic E-state index is 6.08. The molecule has 0 spiro atoms. The Hall–Kier alpha value is -0.630. The van der Waals surface area contributed by atoms with Crippen LogP contribution in [0.5, 0.6) is 0 Å². The minimum atomic E-state index is 0.357. The fourth-order valence-electron chi connectivity index (χ4n) is 2.01. The average molecular weight is 396 g/mol. The van der Waals surface area contributed by atoms with Crippen LogP contribution in [0.3, 0.4) is 0 Å². The number of rotatable bonds is 5. The second kappa shape index (κ2) is 9.61. The first kappa shape index (κ1) is 18.7. The van der Waals surface area contributed by atoms with Gasteiger partial charge in [0.1, 0.15) is 0 Å². The Balaban J connectivity index is 1.74. The van der Waals surface area contributed by atoms with Gasteiger partial charge in [-0.05, 0) is 24.4 Å². The molecule has 1 saturated heterocycles. The molecule has 1 aromatic carbocycles. The molecule has 9 heteroatoms. The van der Waals surface area contributed by atoms with Gasteiger partial charge in [0, 0.05) is 31.7 Å². The highest BCUT2D eigenvalue weighted by Crippen LogP contribution is 2.29. The third-order valence-corrected chi connectivity index (χ3v) is 4.64. The Kier molecular flexibility index (Phi) is 7.82. The highest BCUT2D eigenvalue weighted by Gasteiger charge is 2.09. The zero-order chi connectivity index (χ0) is 16.7. The molecule has 5 nitrogen and oxygen atoms in total. The Bertz CT molecular complexity index is 579. The van der Waals surface area contributed by atoms with Crippen LogP contribution >= 0.6 is 47.0 Å². The van der Waals surface area contributed by atoms with E-state index in [4.69, 9.17) is 51.8 Å². The molecule has 0 bridgehead atoms. The van der Waals surface area contributed by atoms with E-state index in [0.29, 0.717) is 25.7 Å². The summed E-state index contributed by atoms with van der Waals surface area (Å²) in [5, 5.41) is 8.80. The molecule has 0 aliphatic carbocycles. The molecule has 2 N–H and O–H groups in total. The van der Waals surface area contributed by atoms with Gasteiger partial charge in [-0.3, -0.25) is 10.3 Å². The van der Waals surface area contributed by atoms with E-state index in [-0.39, 0.29) is 0 Å². The van der Waals surface area contributed by atoms with Crippen LogP contribution in [0, 0.1) is 0 Å². The SMILES string of the molecule is S=C(NCCN1CCOCC1)N/N=C/c1c(Cl)ccc(Cl)c1Cl. The normalized spacial score (nSPS) is 15.8. The Labute approximate surface area is 155 Å². The van der Waals surface area contributed by atoms with Crippen molar-refractivity contribution in [3.05, 3.63) is 32.8 Å². The van der Waals surface area contributed by atoms with Crippen LogP contribution in [0.1, 0.15) is 5.56 Å². The van der Waals surface area contributed by atoms with Gasteiger partial charge in [0.25, 0.3) is 0 Å². The van der Waals surface area contributed by atoms with Crippen molar-refractivity contribution in [3.8, 4) is 0 Å². The van der Waals surface area contributed by atoms with Crippen LogP contribution in [0.4, 0.5) is 0 Å². The second-order valence-corrected chi connectivity index (χ2v) is 6.44. The predicted octanol–water partition coefficient (Wildman–Crippen LogP) is 2.78. The molecule has 1 fully saturated rings. The number of benzene rings is 1. The van der Waals surface area contributed by atoms with Crippen LogP contribution in [-0.2, 0) is 4.74 Å². The van der Waals surface area contributed by atoms with Crippen molar-refractivity contribution < 1.29 is 4.74 Å². The summed E-state index contributed by atoms with van der Waals surface area (Å²) < 4.78 is 5.30.